The van der Waals surface area contributed by atoms with Gasteiger partial charge in [-0.3, -0.25) is 9.59 Å². The van der Waals surface area contributed by atoms with Gasteiger partial charge < -0.3 is 14.3 Å². The predicted octanol–water partition coefficient (Wildman–Crippen LogP) is 1.42. The second-order valence-corrected chi connectivity index (χ2v) is 6.19. The van der Waals surface area contributed by atoms with Gasteiger partial charge in [-0.1, -0.05) is 5.16 Å². The summed E-state index contributed by atoms with van der Waals surface area (Å²) in [5, 5.41) is 7.84. The van der Waals surface area contributed by atoms with Crippen molar-refractivity contribution in [2.24, 2.45) is 0 Å². The minimum atomic E-state index is 0.0588. The summed E-state index contributed by atoms with van der Waals surface area (Å²) in [7, 11) is 0. The summed E-state index contributed by atoms with van der Waals surface area (Å²) in [5.74, 6) is 1.15. The predicted molar refractivity (Wildman–Crippen MR) is 84.8 cm³/mol. The molecule has 2 aromatic heterocycles. The quantitative estimate of drug-likeness (QED) is 0.845. The van der Waals surface area contributed by atoms with Crippen LogP contribution >= 0.6 is 11.3 Å². The van der Waals surface area contributed by atoms with Crippen molar-refractivity contribution in [3.63, 3.8) is 0 Å². The van der Waals surface area contributed by atoms with E-state index in [9.17, 15) is 9.59 Å². The summed E-state index contributed by atoms with van der Waals surface area (Å²) < 4.78 is 5.19. The van der Waals surface area contributed by atoms with Crippen LogP contribution in [0.15, 0.2) is 21.3 Å². The first-order chi connectivity index (χ1) is 11.1. The third kappa shape index (κ3) is 3.76. The normalized spacial score (nSPS) is 15.0. The average molecular weight is 334 g/mol. The van der Waals surface area contributed by atoms with Crippen LogP contribution in [0.3, 0.4) is 0 Å². The average Bonchev–Trinajstić information content (AvgIpc) is 3.23. The van der Waals surface area contributed by atoms with Crippen LogP contribution in [0, 0.1) is 0 Å². The molecule has 0 aliphatic carbocycles. The highest BCUT2D eigenvalue weighted by atomic mass is 32.1. The van der Waals surface area contributed by atoms with Crippen LogP contribution in [0.2, 0.25) is 0 Å². The molecule has 0 N–H and O–H groups in total. The second kappa shape index (κ2) is 6.91. The lowest BCUT2D eigenvalue weighted by Gasteiger charge is -2.34. The first-order valence-electron chi connectivity index (χ1n) is 7.52. The fourth-order valence-electron chi connectivity index (χ4n) is 2.51. The molecule has 0 saturated carbocycles. The van der Waals surface area contributed by atoms with E-state index in [0.29, 0.717) is 50.7 Å². The maximum Gasteiger partial charge on any atom is 0.227 e. The molecule has 2 aromatic rings. The largest absolute Gasteiger partial charge is 0.339 e. The molecule has 1 fully saturated rings. The standard InChI is InChI=1S/C15H18N4O3S/c1-11(20)18-5-7-19(8-6-18)14(21)3-2-13-16-15(17-22-13)12-4-9-23-10-12/h4,9-10H,2-3,5-8H2,1H3. The Morgan fingerprint density at radius 2 is 2.00 bits per heavy atom. The van der Waals surface area contributed by atoms with Crippen molar-refractivity contribution >= 4 is 23.2 Å². The summed E-state index contributed by atoms with van der Waals surface area (Å²) in [5.41, 5.74) is 0.927. The van der Waals surface area contributed by atoms with Crippen molar-refractivity contribution in [3.05, 3.63) is 22.7 Å². The smallest absolute Gasteiger partial charge is 0.227 e. The fraction of sp³-hybridized carbons (Fsp3) is 0.467. The van der Waals surface area contributed by atoms with E-state index >= 15 is 0 Å². The molecule has 1 aliphatic rings. The molecule has 1 aliphatic heterocycles. The van der Waals surface area contributed by atoms with Gasteiger partial charge in [-0.05, 0) is 11.4 Å². The number of nitrogens with zero attached hydrogens (tertiary/aromatic N) is 4. The molecule has 23 heavy (non-hydrogen) atoms. The van der Waals surface area contributed by atoms with Crippen molar-refractivity contribution in [3.8, 4) is 11.4 Å². The summed E-state index contributed by atoms with van der Waals surface area (Å²) in [6.45, 7) is 3.93. The lowest BCUT2D eigenvalue weighted by Crippen LogP contribution is -2.50. The number of aromatic nitrogens is 2. The van der Waals surface area contributed by atoms with Gasteiger partial charge in [0.1, 0.15) is 0 Å². The number of carbonyl (C=O) groups is 2. The first-order valence-corrected chi connectivity index (χ1v) is 8.46. The van der Waals surface area contributed by atoms with Gasteiger partial charge in [0, 0.05) is 56.9 Å². The Balaban J connectivity index is 1.49. The number of hydrogen-bond acceptors (Lipinski definition) is 6. The summed E-state index contributed by atoms with van der Waals surface area (Å²) in [6.07, 6.45) is 0.772. The number of amides is 2. The maximum atomic E-state index is 12.2. The minimum absolute atomic E-state index is 0.0588. The Hall–Kier alpha value is -2.22. The molecule has 0 atom stereocenters. The molecule has 3 rings (SSSR count). The van der Waals surface area contributed by atoms with Crippen LogP contribution in [0.4, 0.5) is 0 Å². The zero-order valence-corrected chi connectivity index (χ0v) is 13.7. The topological polar surface area (TPSA) is 79.5 Å². The Bertz CT molecular complexity index is 675. The fourth-order valence-corrected chi connectivity index (χ4v) is 3.14. The van der Waals surface area contributed by atoms with E-state index in [4.69, 9.17) is 4.52 Å². The maximum absolute atomic E-state index is 12.2. The second-order valence-electron chi connectivity index (χ2n) is 5.41. The van der Waals surface area contributed by atoms with Crippen LogP contribution in [0.1, 0.15) is 19.2 Å². The van der Waals surface area contributed by atoms with Gasteiger partial charge in [0.2, 0.25) is 23.5 Å². The van der Waals surface area contributed by atoms with E-state index < -0.39 is 0 Å². The van der Waals surface area contributed by atoms with E-state index in [1.54, 1.807) is 28.1 Å². The Labute approximate surface area is 137 Å². The molecule has 7 nitrogen and oxygen atoms in total. The number of thiophene rings is 1. The van der Waals surface area contributed by atoms with Crippen LogP contribution in [-0.2, 0) is 16.0 Å². The first kappa shape index (κ1) is 15.7. The molecule has 122 valence electrons. The number of carbonyl (C=O) groups excluding carboxylic acids is 2. The Kier molecular flexibility index (Phi) is 4.71. The van der Waals surface area contributed by atoms with Gasteiger partial charge in [0.05, 0.1) is 0 Å². The SMILES string of the molecule is CC(=O)N1CCN(C(=O)CCc2nc(-c3ccsc3)no2)CC1. The lowest BCUT2D eigenvalue weighted by molar-refractivity contribution is -0.138. The van der Waals surface area contributed by atoms with Crippen molar-refractivity contribution in [2.75, 3.05) is 26.2 Å². The minimum Gasteiger partial charge on any atom is -0.339 e. The highest BCUT2D eigenvalue weighted by molar-refractivity contribution is 7.08. The van der Waals surface area contributed by atoms with E-state index in [2.05, 4.69) is 10.1 Å². The zero-order chi connectivity index (χ0) is 16.2. The summed E-state index contributed by atoms with van der Waals surface area (Å²) in [6, 6.07) is 1.93. The van der Waals surface area contributed by atoms with E-state index in [0.717, 1.165) is 5.56 Å². The highest BCUT2D eigenvalue weighted by Gasteiger charge is 2.22. The van der Waals surface area contributed by atoms with Crippen molar-refractivity contribution in [1.82, 2.24) is 19.9 Å². The highest BCUT2D eigenvalue weighted by Crippen LogP contribution is 2.19. The number of aryl methyl sites for hydroxylation is 1. The Morgan fingerprint density at radius 3 is 2.65 bits per heavy atom. The summed E-state index contributed by atoms with van der Waals surface area (Å²) in [4.78, 5) is 31.4. The van der Waals surface area contributed by atoms with Crippen LogP contribution in [-0.4, -0.2) is 57.9 Å². The van der Waals surface area contributed by atoms with Gasteiger partial charge in [-0.15, -0.1) is 0 Å². The Morgan fingerprint density at radius 1 is 1.26 bits per heavy atom. The molecule has 0 aromatic carbocycles. The molecule has 1 saturated heterocycles. The number of rotatable bonds is 4. The van der Waals surface area contributed by atoms with Gasteiger partial charge in [-0.2, -0.15) is 16.3 Å². The number of piperazine rings is 1. The van der Waals surface area contributed by atoms with E-state index in [-0.39, 0.29) is 11.8 Å². The molecule has 0 bridgehead atoms. The summed E-state index contributed by atoms with van der Waals surface area (Å²) >= 11 is 1.57. The molecule has 2 amide bonds. The third-order valence-corrected chi connectivity index (χ3v) is 4.56. The monoisotopic (exact) mass is 334 g/mol. The molecular formula is C15H18N4O3S. The van der Waals surface area contributed by atoms with Gasteiger partial charge in [0.25, 0.3) is 0 Å². The van der Waals surface area contributed by atoms with Crippen LogP contribution < -0.4 is 0 Å². The molecule has 3 heterocycles. The van der Waals surface area contributed by atoms with Gasteiger partial charge in [0.15, 0.2) is 0 Å². The molecule has 0 unspecified atom stereocenters. The van der Waals surface area contributed by atoms with E-state index in [1.807, 2.05) is 16.8 Å². The molecule has 0 spiro atoms. The van der Waals surface area contributed by atoms with E-state index in [1.165, 1.54) is 0 Å². The van der Waals surface area contributed by atoms with Gasteiger partial charge >= 0.3 is 0 Å². The molecule has 8 heteroatoms. The van der Waals surface area contributed by atoms with Gasteiger partial charge in [-0.25, -0.2) is 0 Å². The molecular weight excluding hydrogens is 316 g/mol. The molecule has 0 radical (unpaired) electrons. The lowest BCUT2D eigenvalue weighted by atomic mass is 10.2. The van der Waals surface area contributed by atoms with Crippen molar-refractivity contribution in [2.45, 2.75) is 19.8 Å². The van der Waals surface area contributed by atoms with Crippen molar-refractivity contribution in [1.29, 1.82) is 0 Å². The van der Waals surface area contributed by atoms with Crippen LogP contribution in [0.25, 0.3) is 11.4 Å². The van der Waals surface area contributed by atoms with Crippen molar-refractivity contribution < 1.29 is 14.1 Å². The number of hydrogen-bond donors (Lipinski definition) is 0. The van der Waals surface area contributed by atoms with Crippen LogP contribution in [0.5, 0.6) is 0 Å². The third-order valence-electron chi connectivity index (χ3n) is 3.88. The zero-order valence-electron chi connectivity index (χ0n) is 12.9.